The zero-order valence-corrected chi connectivity index (χ0v) is 13.2. The van der Waals surface area contributed by atoms with Crippen molar-refractivity contribution in [1.82, 2.24) is 5.32 Å². The maximum Gasteiger partial charge on any atom is 0.180 e. The Balaban J connectivity index is 1.86. The van der Waals surface area contributed by atoms with Crippen molar-refractivity contribution in [2.75, 3.05) is 5.75 Å². The topological polar surface area (TPSA) is 46.2 Å². The van der Waals surface area contributed by atoms with Crippen LogP contribution in [0, 0.1) is 0 Å². The van der Waals surface area contributed by atoms with E-state index in [-0.39, 0.29) is 17.8 Å². The van der Waals surface area contributed by atoms with Crippen LogP contribution in [-0.2, 0) is 9.84 Å². The Kier molecular flexibility index (Phi) is 3.62. The molecule has 6 heteroatoms. The summed E-state index contributed by atoms with van der Waals surface area (Å²) in [5.74, 6) is 0.121. The highest BCUT2D eigenvalue weighted by atomic mass is 35.5. The highest BCUT2D eigenvalue weighted by Gasteiger charge is 2.34. The van der Waals surface area contributed by atoms with Crippen molar-refractivity contribution in [2.24, 2.45) is 0 Å². The van der Waals surface area contributed by atoms with E-state index in [1.807, 2.05) is 31.2 Å². The lowest BCUT2D eigenvalue weighted by Crippen LogP contribution is -2.25. The van der Waals surface area contributed by atoms with Gasteiger partial charge < -0.3 is 5.32 Å². The Morgan fingerprint density at radius 1 is 1.30 bits per heavy atom. The minimum atomic E-state index is -3.16. The summed E-state index contributed by atoms with van der Waals surface area (Å²) in [4.78, 5) is 1.56. The van der Waals surface area contributed by atoms with Crippen molar-refractivity contribution in [1.29, 1.82) is 0 Å². The van der Waals surface area contributed by atoms with Crippen LogP contribution in [0.5, 0.6) is 0 Å². The van der Waals surface area contributed by atoms with Gasteiger partial charge in [-0.1, -0.05) is 29.8 Å². The number of fused-ring (bicyclic) bond motifs is 1. The number of halogens is 1. The summed E-state index contributed by atoms with van der Waals surface area (Å²) in [5.41, 5.74) is 0.863. The summed E-state index contributed by atoms with van der Waals surface area (Å²) in [5, 5.41) is 3.39. The molecule has 2 atom stereocenters. The Labute approximate surface area is 127 Å². The first-order chi connectivity index (χ1) is 9.47. The van der Waals surface area contributed by atoms with Crippen LogP contribution in [0.1, 0.15) is 29.4 Å². The largest absolute Gasteiger partial charge is 0.302 e. The monoisotopic (exact) mass is 327 g/mol. The average Bonchev–Trinajstić information content (AvgIpc) is 2.93. The molecule has 1 aliphatic heterocycles. The zero-order valence-electron chi connectivity index (χ0n) is 10.8. The van der Waals surface area contributed by atoms with Crippen LogP contribution in [0.3, 0.4) is 0 Å². The minimum Gasteiger partial charge on any atom is -0.302 e. The van der Waals surface area contributed by atoms with Gasteiger partial charge in [0.15, 0.2) is 9.84 Å². The molecule has 20 heavy (non-hydrogen) atoms. The standard InChI is InChI=1S/C14H14ClNO2S2/c1-9(12-6-7-14(15)19-12)16-11-8-20(17,18)13-5-3-2-4-10(11)13/h2-7,9,11,16H,8H2,1H3. The third kappa shape index (κ3) is 2.51. The second-order valence-corrected chi connectivity index (χ2v) is 8.65. The molecular formula is C14H14ClNO2S2. The predicted molar refractivity (Wildman–Crippen MR) is 82.1 cm³/mol. The molecule has 1 N–H and O–H groups in total. The van der Waals surface area contributed by atoms with E-state index in [1.165, 1.54) is 11.3 Å². The maximum atomic E-state index is 12.1. The van der Waals surface area contributed by atoms with Crippen LogP contribution in [0.2, 0.25) is 4.34 Å². The van der Waals surface area contributed by atoms with E-state index in [0.29, 0.717) is 4.90 Å². The number of hydrogen-bond donors (Lipinski definition) is 1. The molecule has 2 aromatic rings. The SMILES string of the molecule is CC(NC1CS(=O)(=O)c2ccccc21)c1ccc(Cl)s1. The molecule has 1 aliphatic rings. The molecule has 0 spiro atoms. The van der Waals surface area contributed by atoms with Gasteiger partial charge in [-0.2, -0.15) is 0 Å². The average molecular weight is 328 g/mol. The van der Waals surface area contributed by atoms with Gasteiger partial charge in [-0.05, 0) is 30.7 Å². The lowest BCUT2D eigenvalue weighted by Gasteiger charge is -2.18. The minimum absolute atomic E-state index is 0.0684. The Morgan fingerprint density at radius 2 is 2.05 bits per heavy atom. The molecule has 0 aliphatic carbocycles. The number of benzene rings is 1. The second-order valence-electron chi connectivity index (χ2n) is 4.90. The van der Waals surface area contributed by atoms with E-state index in [2.05, 4.69) is 5.32 Å². The van der Waals surface area contributed by atoms with Crippen molar-refractivity contribution in [3.05, 3.63) is 51.2 Å². The van der Waals surface area contributed by atoms with Gasteiger partial charge in [0.1, 0.15) is 0 Å². The van der Waals surface area contributed by atoms with Crippen LogP contribution in [-0.4, -0.2) is 14.2 Å². The third-order valence-electron chi connectivity index (χ3n) is 3.49. The summed E-state index contributed by atoms with van der Waals surface area (Å²) >= 11 is 7.46. The first-order valence-electron chi connectivity index (χ1n) is 6.30. The first kappa shape index (κ1) is 14.1. The van der Waals surface area contributed by atoms with E-state index < -0.39 is 9.84 Å². The van der Waals surface area contributed by atoms with Crippen molar-refractivity contribution < 1.29 is 8.42 Å². The summed E-state index contributed by atoms with van der Waals surface area (Å²) < 4.78 is 25.0. The smallest absolute Gasteiger partial charge is 0.180 e. The lowest BCUT2D eigenvalue weighted by molar-refractivity contribution is 0.502. The van der Waals surface area contributed by atoms with Crippen LogP contribution in [0.25, 0.3) is 0 Å². The van der Waals surface area contributed by atoms with E-state index in [0.717, 1.165) is 14.8 Å². The van der Waals surface area contributed by atoms with E-state index in [9.17, 15) is 8.42 Å². The van der Waals surface area contributed by atoms with E-state index >= 15 is 0 Å². The van der Waals surface area contributed by atoms with Gasteiger partial charge in [0.05, 0.1) is 15.0 Å². The normalized spacial score (nSPS) is 21.6. The Bertz CT molecular complexity index is 739. The molecule has 2 unspecified atom stereocenters. The van der Waals surface area contributed by atoms with Crippen molar-refractivity contribution in [2.45, 2.75) is 23.9 Å². The van der Waals surface area contributed by atoms with Crippen molar-refractivity contribution >= 4 is 32.8 Å². The lowest BCUT2D eigenvalue weighted by atomic mass is 10.1. The fraction of sp³-hybridized carbons (Fsp3) is 0.286. The highest BCUT2D eigenvalue weighted by Crippen LogP contribution is 2.35. The van der Waals surface area contributed by atoms with Gasteiger partial charge in [0.2, 0.25) is 0 Å². The second kappa shape index (κ2) is 5.15. The summed E-state index contributed by atoms with van der Waals surface area (Å²) in [6.45, 7) is 2.02. The van der Waals surface area contributed by atoms with Crippen molar-refractivity contribution in [3.8, 4) is 0 Å². The highest BCUT2D eigenvalue weighted by molar-refractivity contribution is 7.91. The maximum absolute atomic E-state index is 12.1. The molecule has 1 aromatic heterocycles. The van der Waals surface area contributed by atoms with Crippen LogP contribution in [0.4, 0.5) is 0 Å². The molecule has 0 radical (unpaired) electrons. The van der Waals surface area contributed by atoms with Gasteiger partial charge in [-0.25, -0.2) is 8.42 Å². The van der Waals surface area contributed by atoms with Gasteiger partial charge in [-0.15, -0.1) is 11.3 Å². The molecule has 3 rings (SSSR count). The summed E-state index contributed by atoms with van der Waals surface area (Å²) in [7, 11) is -3.16. The fourth-order valence-corrected chi connectivity index (χ4v) is 5.36. The van der Waals surface area contributed by atoms with E-state index in [1.54, 1.807) is 12.1 Å². The Morgan fingerprint density at radius 3 is 2.75 bits per heavy atom. The molecule has 0 fully saturated rings. The van der Waals surface area contributed by atoms with E-state index in [4.69, 9.17) is 11.6 Å². The van der Waals surface area contributed by atoms with Crippen molar-refractivity contribution in [3.63, 3.8) is 0 Å². The van der Waals surface area contributed by atoms with Gasteiger partial charge in [0.25, 0.3) is 0 Å². The molecule has 1 aromatic carbocycles. The third-order valence-corrected chi connectivity index (χ3v) is 6.72. The number of nitrogens with one attached hydrogen (secondary N) is 1. The summed E-state index contributed by atoms with van der Waals surface area (Å²) in [6.07, 6.45) is 0. The van der Waals surface area contributed by atoms with Crippen LogP contribution >= 0.6 is 22.9 Å². The molecule has 2 heterocycles. The molecule has 0 amide bonds. The number of hydrogen-bond acceptors (Lipinski definition) is 4. The molecule has 106 valence electrons. The first-order valence-corrected chi connectivity index (χ1v) is 9.15. The molecule has 0 bridgehead atoms. The number of thiophene rings is 1. The van der Waals surface area contributed by atoms with Gasteiger partial charge >= 0.3 is 0 Å². The van der Waals surface area contributed by atoms with Gasteiger partial charge in [-0.3, -0.25) is 0 Å². The molecule has 3 nitrogen and oxygen atoms in total. The number of rotatable bonds is 3. The molecule has 0 saturated carbocycles. The Hall–Kier alpha value is -0.880. The summed E-state index contributed by atoms with van der Waals surface area (Å²) in [6, 6.07) is 10.9. The van der Waals surface area contributed by atoms with Crippen LogP contribution < -0.4 is 5.32 Å². The predicted octanol–water partition coefficient (Wildman–Crippen LogP) is 3.58. The van der Waals surface area contributed by atoms with Gasteiger partial charge in [0, 0.05) is 17.0 Å². The number of sulfone groups is 1. The molecular weight excluding hydrogens is 314 g/mol. The quantitative estimate of drug-likeness (QED) is 0.937. The zero-order chi connectivity index (χ0) is 14.3. The fourth-order valence-electron chi connectivity index (χ4n) is 2.53. The van der Waals surface area contributed by atoms with Crippen LogP contribution in [0.15, 0.2) is 41.3 Å². The molecule has 0 saturated heterocycles.